The first-order chi connectivity index (χ1) is 12.7. The molecule has 1 N–H and O–H groups in total. The first-order valence-electron chi connectivity index (χ1n) is 9.17. The van der Waals surface area contributed by atoms with E-state index in [0.29, 0.717) is 6.42 Å². The number of nitrogens with one attached hydrogen (secondary N) is 1. The van der Waals surface area contributed by atoms with Gasteiger partial charge in [0.2, 0.25) is 5.91 Å². The molecule has 3 heterocycles. The van der Waals surface area contributed by atoms with Gasteiger partial charge in [0.1, 0.15) is 0 Å². The van der Waals surface area contributed by atoms with Gasteiger partial charge in [-0.05, 0) is 49.6 Å². The number of nitrogens with zero attached hydrogens (tertiary/aromatic N) is 2. The smallest absolute Gasteiger partial charge is 0.231 e. The number of rotatable bonds is 4. The molecule has 1 aromatic carbocycles. The summed E-state index contributed by atoms with van der Waals surface area (Å²) in [6, 6.07) is 12.3. The third kappa shape index (κ3) is 3.33. The third-order valence-electron chi connectivity index (χ3n) is 4.99. The number of carbonyl (C=O) groups excluding carboxylic acids is 1. The van der Waals surface area contributed by atoms with E-state index in [0.717, 1.165) is 42.5 Å². The second-order valence-electron chi connectivity index (χ2n) is 6.85. The van der Waals surface area contributed by atoms with Crippen LogP contribution in [0.25, 0.3) is 16.6 Å². The monoisotopic (exact) mass is 345 g/mol. The lowest BCUT2D eigenvalue weighted by Gasteiger charge is -2.12. The molecule has 1 aliphatic heterocycles. The number of hydrogen-bond donors (Lipinski definition) is 1. The topological polar surface area (TPSA) is 46.9 Å². The molecule has 1 aliphatic rings. The number of carbonyl (C=O) groups is 1. The van der Waals surface area contributed by atoms with E-state index >= 15 is 0 Å². The highest BCUT2D eigenvalue weighted by Gasteiger charge is 2.17. The van der Waals surface area contributed by atoms with Crippen molar-refractivity contribution in [2.24, 2.45) is 0 Å². The fraction of sp³-hybridized carbons (Fsp3) is 0.273. The highest BCUT2D eigenvalue weighted by molar-refractivity contribution is 5.97. The minimum Gasteiger partial charge on any atom is -0.313 e. The molecule has 2 aromatic heterocycles. The number of aromatic nitrogens is 2. The molecule has 132 valence electrons. The minimum absolute atomic E-state index is 0.115. The summed E-state index contributed by atoms with van der Waals surface area (Å²) in [5, 5.41) is 3.33. The molecule has 0 radical (unpaired) electrons. The van der Waals surface area contributed by atoms with Gasteiger partial charge in [-0.3, -0.25) is 14.3 Å². The Morgan fingerprint density at radius 2 is 2.08 bits per heavy atom. The quantitative estimate of drug-likeness (QED) is 0.777. The Kier molecular flexibility index (Phi) is 4.67. The standard InChI is InChI=1S/C22H23N3O/c1-16-4-6-17(7-5-16)8-9-21(26)25-15-19(18-10-13-23-14-11-18)22-20(25)3-2-12-24-22/h2-7,10,12,15,23H,8-9,11,13-14H2,1H3. The van der Waals surface area contributed by atoms with Crippen LogP contribution in [-0.4, -0.2) is 28.5 Å². The van der Waals surface area contributed by atoms with Gasteiger partial charge in [-0.15, -0.1) is 0 Å². The van der Waals surface area contributed by atoms with Gasteiger partial charge in [-0.2, -0.15) is 0 Å². The predicted molar refractivity (Wildman–Crippen MR) is 105 cm³/mol. The highest BCUT2D eigenvalue weighted by Crippen LogP contribution is 2.28. The van der Waals surface area contributed by atoms with Crippen molar-refractivity contribution in [1.29, 1.82) is 0 Å². The Bertz CT molecular complexity index is 967. The summed E-state index contributed by atoms with van der Waals surface area (Å²) in [4.78, 5) is 17.5. The molecule has 3 aromatic rings. The molecular formula is C22H23N3O. The van der Waals surface area contributed by atoms with Gasteiger partial charge in [0.25, 0.3) is 0 Å². The normalized spacial score (nSPS) is 14.4. The summed E-state index contributed by atoms with van der Waals surface area (Å²) in [5.41, 5.74) is 6.62. The van der Waals surface area contributed by atoms with E-state index < -0.39 is 0 Å². The predicted octanol–water partition coefficient (Wildman–Crippen LogP) is 3.99. The SMILES string of the molecule is Cc1ccc(CCC(=O)n2cc(C3=CCNCC3)c3ncccc32)cc1. The minimum atomic E-state index is 0.115. The average molecular weight is 345 g/mol. The van der Waals surface area contributed by atoms with Crippen molar-refractivity contribution < 1.29 is 4.79 Å². The maximum absolute atomic E-state index is 12.9. The van der Waals surface area contributed by atoms with E-state index in [1.807, 2.05) is 18.3 Å². The summed E-state index contributed by atoms with van der Waals surface area (Å²) in [7, 11) is 0. The van der Waals surface area contributed by atoms with Crippen LogP contribution in [0, 0.1) is 6.92 Å². The van der Waals surface area contributed by atoms with Crippen molar-refractivity contribution in [3.63, 3.8) is 0 Å². The second-order valence-corrected chi connectivity index (χ2v) is 6.85. The third-order valence-corrected chi connectivity index (χ3v) is 4.99. The Morgan fingerprint density at radius 3 is 2.85 bits per heavy atom. The van der Waals surface area contributed by atoms with E-state index in [4.69, 9.17) is 0 Å². The molecule has 0 saturated carbocycles. The molecular weight excluding hydrogens is 322 g/mol. The van der Waals surface area contributed by atoms with Gasteiger partial charge >= 0.3 is 0 Å². The first-order valence-corrected chi connectivity index (χ1v) is 9.17. The van der Waals surface area contributed by atoms with Crippen molar-refractivity contribution >= 4 is 22.5 Å². The second kappa shape index (κ2) is 7.26. The average Bonchev–Trinajstić information content (AvgIpc) is 3.08. The number of hydrogen-bond acceptors (Lipinski definition) is 3. The highest BCUT2D eigenvalue weighted by atomic mass is 16.2. The maximum atomic E-state index is 12.9. The van der Waals surface area contributed by atoms with Gasteiger partial charge in [-0.1, -0.05) is 35.9 Å². The van der Waals surface area contributed by atoms with Crippen LogP contribution < -0.4 is 5.32 Å². The molecule has 4 heteroatoms. The van der Waals surface area contributed by atoms with Crippen LogP contribution in [0.15, 0.2) is 54.9 Å². The van der Waals surface area contributed by atoms with E-state index in [1.54, 1.807) is 10.8 Å². The van der Waals surface area contributed by atoms with Crippen molar-refractivity contribution in [3.8, 4) is 0 Å². The molecule has 26 heavy (non-hydrogen) atoms. The lowest BCUT2D eigenvalue weighted by Crippen LogP contribution is -2.20. The molecule has 4 nitrogen and oxygen atoms in total. The van der Waals surface area contributed by atoms with Gasteiger partial charge in [-0.25, -0.2) is 0 Å². The fourth-order valence-electron chi connectivity index (χ4n) is 3.49. The van der Waals surface area contributed by atoms with Crippen LogP contribution in [0.3, 0.4) is 0 Å². The zero-order chi connectivity index (χ0) is 17.9. The Balaban J connectivity index is 1.62. The summed E-state index contributed by atoms with van der Waals surface area (Å²) in [6.07, 6.45) is 8.19. The molecule has 0 spiro atoms. The largest absolute Gasteiger partial charge is 0.313 e. The zero-order valence-corrected chi connectivity index (χ0v) is 15.0. The maximum Gasteiger partial charge on any atom is 0.231 e. The molecule has 0 bridgehead atoms. The van der Waals surface area contributed by atoms with Crippen LogP contribution in [-0.2, 0) is 6.42 Å². The number of pyridine rings is 1. The van der Waals surface area contributed by atoms with E-state index in [2.05, 4.69) is 47.6 Å². The molecule has 0 aliphatic carbocycles. The number of benzene rings is 1. The molecule has 0 unspecified atom stereocenters. The van der Waals surface area contributed by atoms with Crippen LogP contribution in [0.2, 0.25) is 0 Å². The van der Waals surface area contributed by atoms with E-state index in [1.165, 1.54) is 16.7 Å². The zero-order valence-electron chi connectivity index (χ0n) is 15.0. The van der Waals surface area contributed by atoms with Crippen molar-refractivity contribution in [3.05, 3.63) is 71.6 Å². The lowest BCUT2D eigenvalue weighted by atomic mass is 10.0. The lowest BCUT2D eigenvalue weighted by molar-refractivity contribution is 0.0908. The Hall–Kier alpha value is -2.72. The van der Waals surface area contributed by atoms with Crippen molar-refractivity contribution in [2.45, 2.75) is 26.2 Å². The van der Waals surface area contributed by atoms with Gasteiger partial charge in [0.15, 0.2) is 0 Å². The van der Waals surface area contributed by atoms with Crippen LogP contribution in [0.1, 0.15) is 34.3 Å². The van der Waals surface area contributed by atoms with Crippen LogP contribution in [0.5, 0.6) is 0 Å². The number of aryl methyl sites for hydroxylation is 2. The summed E-state index contributed by atoms with van der Waals surface area (Å²) in [5.74, 6) is 0.115. The van der Waals surface area contributed by atoms with E-state index in [-0.39, 0.29) is 5.91 Å². The summed E-state index contributed by atoms with van der Waals surface area (Å²) < 4.78 is 1.79. The Labute approximate surface area is 153 Å². The van der Waals surface area contributed by atoms with Crippen molar-refractivity contribution in [2.75, 3.05) is 13.1 Å². The van der Waals surface area contributed by atoms with Crippen molar-refractivity contribution in [1.82, 2.24) is 14.9 Å². The first kappa shape index (κ1) is 16.7. The van der Waals surface area contributed by atoms with E-state index in [9.17, 15) is 4.79 Å². The fourth-order valence-corrected chi connectivity index (χ4v) is 3.49. The van der Waals surface area contributed by atoms with Gasteiger partial charge in [0, 0.05) is 30.9 Å². The summed E-state index contributed by atoms with van der Waals surface area (Å²) in [6.45, 7) is 3.91. The Morgan fingerprint density at radius 1 is 1.23 bits per heavy atom. The number of fused-ring (bicyclic) bond motifs is 1. The molecule has 0 amide bonds. The van der Waals surface area contributed by atoms with Crippen LogP contribution in [0.4, 0.5) is 0 Å². The summed E-state index contributed by atoms with van der Waals surface area (Å²) >= 11 is 0. The van der Waals surface area contributed by atoms with Gasteiger partial charge < -0.3 is 5.32 Å². The molecule has 0 saturated heterocycles. The molecule has 0 atom stereocenters. The molecule has 0 fully saturated rings. The van der Waals surface area contributed by atoms with Crippen LogP contribution >= 0.6 is 0 Å². The molecule has 4 rings (SSSR count). The van der Waals surface area contributed by atoms with Gasteiger partial charge in [0.05, 0.1) is 11.0 Å².